The Morgan fingerprint density at radius 1 is 1.15 bits per heavy atom. The number of carboxylic acid groups (broad SMARTS) is 1. The number of rotatable bonds is 11. The van der Waals surface area contributed by atoms with Crippen molar-refractivity contribution in [3.05, 3.63) is 71.2 Å². The van der Waals surface area contributed by atoms with Gasteiger partial charge < -0.3 is 19.8 Å². The Hall–Kier alpha value is -2.05. The fourth-order valence-corrected chi connectivity index (χ4v) is 7.62. The van der Waals surface area contributed by atoms with Gasteiger partial charge >= 0.3 is 35.6 Å². The molecule has 0 bridgehead atoms. The molecule has 4 rings (SSSR count). The molecule has 1 aromatic carbocycles. The van der Waals surface area contributed by atoms with E-state index in [0.717, 1.165) is 37.7 Å². The van der Waals surface area contributed by atoms with Crippen LogP contribution in [0.15, 0.2) is 53.6 Å². The van der Waals surface area contributed by atoms with Crippen LogP contribution >= 0.6 is 11.8 Å². The second-order valence-corrected chi connectivity index (χ2v) is 13.1. The first-order valence-corrected chi connectivity index (χ1v) is 16.5. The van der Waals surface area contributed by atoms with Crippen LogP contribution in [0.3, 0.4) is 0 Å². The number of sulfonamides is 1. The normalized spacial score (nSPS) is 19.0. The molecule has 2 amide bonds. The molecule has 0 radical (unpaired) electrons. The Morgan fingerprint density at radius 2 is 1.85 bits per heavy atom. The molecule has 1 saturated carbocycles. The van der Waals surface area contributed by atoms with Gasteiger partial charge in [-0.15, -0.1) is 11.8 Å². The average molecular weight is 609 g/mol. The number of hydrogen-bond donors (Lipinski definition) is 2. The number of aromatic nitrogens is 2. The fourth-order valence-electron chi connectivity index (χ4n) is 5.52. The van der Waals surface area contributed by atoms with Crippen LogP contribution in [-0.2, 0) is 27.7 Å². The van der Waals surface area contributed by atoms with Gasteiger partial charge in [0.15, 0.2) is 0 Å². The molecular weight excluding hydrogens is 571 g/mol. The van der Waals surface area contributed by atoms with Gasteiger partial charge in [-0.3, -0.25) is 0 Å². The molecule has 1 heterocycles. The predicted octanol–water partition coefficient (Wildman–Crippen LogP) is 0.894. The molecule has 2 aliphatic rings. The SMILES string of the molecule is CCCc1nc(SC)c(C(=O)[O-])n1Cc1ccc(C2(S(=O)(=O)NC(=O)NCC3CCCCC3)C=CC=CC2)cc1.[Na+]. The first-order valence-electron chi connectivity index (χ1n) is 13.8. The van der Waals surface area contributed by atoms with Crippen LogP contribution in [0.1, 0.15) is 79.3 Å². The predicted molar refractivity (Wildman–Crippen MR) is 154 cm³/mol. The zero-order valence-corrected chi connectivity index (χ0v) is 27.7. The molecule has 0 aliphatic heterocycles. The van der Waals surface area contributed by atoms with Crippen molar-refractivity contribution < 1.29 is 52.7 Å². The topological polar surface area (TPSA) is 133 Å². The summed E-state index contributed by atoms with van der Waals surface area (Å²) < 4.78 is 29.8. The van der Waals surface area contributed by atoms with Crippen molar-refractivity contribution in [3.8, 4) is 0 Å². The minimum Gasteiger partial charge on any atom is -0.543 e. The van der Waals surface area contributed by atoms with Crippen LogP contribution in [0.25, 0.3) is 0 Å². The maximum atomic E-state index is 13.7. The van der Waals surface area contributed by atoms with E-state index < -0.39 is 26.8 Å². The van der Waals surface area contributed by atoms with Gasteiger partial charge in [-0.2, -0.15) is 0 Å². The number of aromatic carboxylic acids is 1. The molecule has 2 N–H and O–H groups in total. The van der Waals surface area contributed by atoms with Gasteiger partial charge in [0.2, 0.25) is 10.0 Å². The largest absolute Gasteiger partial charge is 1.00 e. The molecule has 9 nitrogen and oxygen atoms in total. The summed E-state index contributed by atoms with van der Waals surface area (Å²) in [6, 6.07) is 6.31. The number of thioether (sulfide) groups is 1. The number of nitrogens with zero attached hydrogens (tertiary/aromatic N) is 2. The Bertz CT molecular complexity index is 1380. The van der Waals surface area contributed by atoms with Gasteiger partial charge in [0.05, 0.1) is 11.7 Å². The summed E-state index contributed by atoms with van der Waals surface area (Å²) in [6.07, 6.45) is 15.8. The van der Waals surface area contributed by atoms with Gasteiger partial charge in [-0.05, 0) is 49.0 Å². The van der Waals surface area contributed by atoms with Gasteiger partial charge in [-0.25, -0.2) is 22.9 Å². The first kappa shape index (κ1) is 33.5. The van der Waals surface area contributed by atoms with Crippen LogP contribution in [0, 0.1) is 5.92 Å². The van der Waals surface area contributed by atoms with E-state index in [9.17, 15) is 23.1 Å². The quantitative estimate of drug-likeness (QED) is 0.286. The van der Waals surface area contributed by atoms with Gasteiger partial charge in [0, 0.05) is 19.5 Å². The van der Waals surface area contributed by atoms with E-state index in [0.29, 0.717) is 35.3 Å². The molecule has 1 aromatic heterocycles. The Kier molecular flexibility index (Phi) is 12.2. The third-order valence-corrected chi connectivity index (χ3v) is 10.3. The molecule has 0 saturated heterocycles. The maximum Gasteiger partial charge on any atom is 1.00 e. The van der Waals surface area contributed by atoms with E-state index in [-0.39, 0.29) is 48.2 Å². The van der Waals surface area contributed by atoms with Crippen molar-refractivity contribution in [2.45, 2.75) is 74.6 Å². The Morgan fingerprint density at radius 3 is 2.44 bits per heavy atom. The number of hydrogen-bond acceptors (Lipinski definition) is 7. The number of amides is 2. The molecule has 0 spiro atoms. The second-order valence-electron chi connectivity index (χ2n) is 10.4. The zero-order valence-electron chi connectivity index (χ0n) is 24.0. The van der Waals surface area contributed by atoms with Crippen molar-refractivity contribution in [3.63, 3.8) is 0 Å². The summed E-state index contributed by atoms with van der Waals surface area (Å²) >= 11 is 1.26. The second kappa shape index (κ2) is 14.9. The van der Waals surface area contributed by atoms with Gasteiger partial charge in [0.25, 0.3) is 0 Å². The molecule has 2 aliphatic carbocycles. The fraction of sp³-hybridized carbons (Fsp3) is 0.483. The molecule has 1 unspecified atom stereocenters. The first-order chi connectivity index (χ1) is 19.2. The number of allylic oxidation sites excluding steroid dienone is 3. The van der Waals surface area contributed by atoms with E-state index in [2.05, 4.69) is 15.0 Å². The minimum absolute atomic E-state index is 0. The number of carbonyl (C=O) groups excluding carboxylic acids is 2. The van der Waals surface area contributed by atoms with E-state index in [1.807, 2.05) is 6.92 Å². The number of imidazole rings is 1. The summed E-state index contributed by atoms with van der Waals surface area (Å²) in [5, 5.41) is 15.1. The molecule has 2 aromatic rings. The van der Waals surface area contributed by atoms with Gasteiger partial charge in [0.1, 0.15) is 15.6 Å². The molecule has 1 atom stereocenters. The number of benzene rings is 1. The van der Waals surface area contributed by atoms with Crippen LogP contribution in [-0.4, -0.2) is 42.8 Å². The smallest absolute Gasteiger partial charge is 0.543 e. The number of urea groups is 1. The monoisotopic (exact) mass is 608 g/mol. The summed E-state index contributed by atoms with van der Waals surface area (Å²) in [5.74, 6) is -0.246. The van der Waals surface area contributed by atoms with Crippen molar-refractivity contribution >= 4 is 33.8 Å². The number of nitrogens with one attached hydrogen (secondary N) is 2. The molecule has 41 heavy (non-hydrogen) atoms. The summed E-state index contributed by atoms with van der Waals surface area (Å²) in [5.41, 5.74) is 1.34. The van der Waals surface area contributed by atoms with Crippen LogP contribution in [0.5, 0.6) is 0 Å². The van der Waals surface area contributed by atoms with Crippen LogP contribution in [0.2, 0.25) is 0 Å². The molecule has 12 heteroatoms. The number of carboxylic acids is 1. The third-order valence-electron chi connectivity index (χ3n) is 7.67. The van der Waals surface area contributed by atoms with Crippen molar-refractivity contribution in [1.29, 1.82) is 0 Å². The zero-order chi connectivity index (χ0) is 28.8. The van der Waals surface area contributed by atoms with Crippen molar-refractivity contribution in [1.82, 2.24) is 19.6 Å². The summed E-state index contributed by atoms with van der Waals surface area (Å²) in [7, 11) is -4.16. The number of carbonyl (C=O) groups is 2. The molecular formula is C29H37N4NaO5S2. The van der Waals surface area contributed by atoms with Crippen LogP contribution in [0.4, 0.5) is 4.79 Å². The van der Waals surface area contributed by atoms with Gasteiger partial charge in [-0.1, -0.05) is 74.8 Å². The summed E-state index contributed by atoms with van der Waals surface area (Å²) in [4.78, 5) is 29.1. The molecule has 1 fully saturated rings. The summed E-state index contributed by atoms with van der Waals surface area (Å²) in [6.45, 7) is 2.71. The molecule has 216 valence electrons. The minimum atomic E-state index is -4.16. The third kappa shape index (κ3) is 7.67. The Labute approximate surface area is 269 Å². The van der Waals surface area contributed by atoms with Crippen molar-refractivity contribution in [2.24, 2.45) is 5.92 Å². The Balaban J connectivity index is 0.00000462. The number of aryl methyl sites for hydroxylation is 1. The maximum absolute atomic E-state index is 13.7. The van der Waals surface area contributed by atoms with E-state index in [4.69, 9.17) is 0 Å². The average Bonchev–Trinajstić information content (AvgIpc) is 3.30. The van der Waals surface area contributed by atoms with E-state index in [1.165, 1.54) is 18.2 Å². The van der Waals surface area contributed by atoms with Crippen molar-refractivity contribution in [2.75, 3.05) is 12.8 Å². The van der Waals surface area contributed by atoms with E-state index >= 15 is 0 Å². The van der Waals surface area contributed by atoms with Crippen LogP contribution < -0.4 is 44.7 Å². The van der Waals surface area contributed by atoms with E-state index in [1.54, 1.807) is 59.4 Å². The standard InChI is InChI=1S/C29H38N4O5S2.Na/c1-3-10-24-31-26(39-2)25(27(34)35)33(24)20-22-13-15-23(16-14-22)29(17-8-5-9-18-29)40(37,38)32-28(36)30-19-21-11-6-4-7-12-21;/h5,8-9,13-17,21H,3-4,6-7,10-12,18-20H2,1-2H3,(H,34,35)(H2,30,32,36);/q;+1/p-1.